The summed E-state index contributed by atoms with van der Waals surface area (Å²) in [6.45, 7) is 8.92. The van der Waals surface area contributed by atoms with Crippen LogP contribution in [0.15, 0.2) is 36.4 Å². The van der Waals surface area contributed by atoms with E-state index in [1.165, 1.54) is 0 Å². The van der Waals surface area contributed by atoms with Gasteiger partial charge in [-0.2, -0.15) is 0 Å². The van der Waals surface area contributed by atoms with Crippen molar-refractivity contribution in [2.75, 3.05) is 70.5 Å². The Labute approximate surface area is 282 Å². The lowest BCUT2D eigenvalue weighted by atomic mass is 10.00. The van der Waals surface area contributed by atoms with Gasteiger partial charge in [-0.3, -0.25) is 9.69 Å². The van der Waals surface area contributed by atoms with Gasteiger partial charge in [0.2, 0.25) is 0 Å². The molecule has 0 radical (unpaired) electrons. The molecule has 0 saturated carbocycles. The molecule has 47 heavy (non-hydrogen) atoms. The summed E-state index contributed by atoms with van der Waals surface area (Å²) in [5.41, 5.74) is 10.1. The van der Waals surface area contributed by atoms with Gasteiger partial charge in [0.05, 0.1) is 10.7 Å². The number of benzene rings is 2. The number of likely N-dealkylation sites (tertiary alicyclic amines) is 2. The molecule has 11 nitrogen and oxygen atoms in total. The number of hydrogen-bond donors (Lipinski definition) is 2. The van der Waals surface area contributed by atoms with Crippen LogP contribution in [0.4, 0.5) is 21.0 Å². The highest BCUT2D eigenvalue weighted by molar-refractivity contribution is 6.33. The second kappa shape index (κ2) is 14.7. The average molecular weight is 666 g/mol. The van der Waals surface area contributed by atoms with Gasteiger partial charge in [0.1, 0.15) is 0 Å². The normalized spacial score (nSPS) is 21.2. The van der Waals surface area contributed by atoms with Crippen molar-refractivity contribution in [3.05, 3.63) is 58.1 Å². The summed E-state index contributed by atoms with van der Waals surface area (Å²) in [4.78, 5) is 50.8. The number of rotatable bonds is 6. The number of urea groups is 1. The molecular formula is C35H48ClN7O4. The van der Waals surface area contributed by atoms with Crippen molar-refractivity contribution in [3.63, 3.8) is 0 Å². The third-order valence-corrected chi connectivity index (χ3v) is 10.7. The molecule has 2 aromatic carbocycles. The number of anilines is 2. The third kappa shape index (κ3) is 7.79. The molecule has 4 aliphatic heterocycles. The second-order valence-corrected chi connectivity index (χ2v) is 14.0. The highest BCUT2D eigenvalue weighted by Gasteiger charge is 2.37. The summed E-state index contributed by atoms with van der Waals surface area (Å²) in [7, 11) is 2.18. The number of nitrogens with two attached hydrogens (primary N) is 1. The van der Waals surface area contributed by atoms with E-state index in [4.69, 9.17) is 22.1 Å². The number of hydrogen-bond acceptors (Lipinski definition) is 7. The largest absolute Gasteiger partial charge is 0.436 e. The first-order chi connectivity index (χ1) is 22.7. The van der Waals surface area contributed by atoms with E-state index in [-0.39, 0.29) is 24.4 Å². The van der Waals surface area contributed by atoms with Crippen LogP contribution < -0.4 is 11.1 Å². The van der Waals surface area contributed by atoms with Gasteiger partial charge in [-0.25, -0.2) is 9.59 Å². The van der Waals surface area contributed by atoms with E-state index in [0.717, 1.165) is 67.8 Å². The Bertz CT molecular complexity index is 1430. The van der Waals surface area contributed by atoms with Gasteiger partial charge in [0.25, 0.3) is 5.91 Å². The number of carbonyl (C=O) groups is 3. The fourth-order valence-corrected chi connectivity index (χ4v) is 7.79. The average Bonchev–Trinajstić information content (AvgIpc) is 3.30. The molecule has 0 aromatic heterocycles. The zero-order valence-electron chi connectivity index (χ0n) is 27.6. The van der Waals surface area contributed by atoms with Crippen LogP contribution in [0.25, 0.3) is 0 Å². The van der Waals surface area contributed by atoms with Crippen LogP contribution in [-0.4, -0.2) is 120 Å². The quantitative estimate of drug-likeness (QED) is 0.439. The lowest BCUT2D eigenvalue weighted by Gasteiger charge is -2.41. The van der Waals surface area contributed by atoms with Gasteiger partial charge in [-0.15, -0.1) is 0 Å². The highest BCUT2D eigenvalue weighted by Crippen LogP contribution is 2.29. The van der Waals surface area contributed by atoms with Crippen molar-refractivity contribution in [2.24, 2.45) is 0 Å². The van der Waals surface area contributed by atoms with Gasteiger partial charge in [0, 0.05) is 70.0 Å². The predicted octanol–water partition coefficient (Wildman–Crippen LogP) is 4.42. The molecule has 6 rings (SSSR count). The molecule has 254 valence electrons. The van der Waals surface area contributed by atoms with E-state index < -0.39 is 12.2 Å². The van der Waals surface area contributed by atoms with Gasteiger partial charge in [0.15, 0.2) is 6.10 Å². The molecule has 3 saturated heterocycles. The molecule has 4 heterocycles. The van der Waals surface area contributed by atoms with Crippen LogP contribution in [0.5, 0.6) is 0 Å². The maximum Gasteiger partial charge on any atom is 0.410 e. The fourth-order valence-electron chi connectivity index (χ4n) is 7.50. The molecule has 4 amide bonds. The summed E-state index contributed by atoms with van der Waals surface area (Å²) in [5.74, 6) is -0.170. The molecule has 3 fully saturated rings. The Morgan fingerprint density at radius 2 is 1.66 bits per heavy atom. The number of para-hydroxylation sites is 1. The molecule has 0 bridgehead atoms. The Hall–Kier alpha value is -3.54. The first-order valence-electron chi connectivity index (χ1n) is 17.0. The van der Waals surface area contributed by atoms with Crippen molar-refractivity contribution in [1.29, 1.82) is 0 Å². The van der Waals surface area contributed by atoms with E-state index in [9.17, 15) is 14.4 Å². The summed E-state index contributed by atoms with van der Waals surface area (Å²) in [6, 6.07) is 11.9. The van der Waals surface area contributed by atoms with Crippen molar-refractivity contribution in [3.8, 4) is 0 Å². The van der Waals surface area contributed by atoms with Crippen molar-refractivity contribution >= 4 is 41.0 Å². The molecule has 3 N–H and O–H groups in total. The van der Waals surface area contributed by atoms with Crippen LogP contribution in [-0.2, 0) is 22.5 Å². The van der Waals surface area contributed by atoms with Gasteiger partial charge < -0.3 is 35.4 Å². The number of likely N-dealkylation sites (N-methyl/N-ethyl adjacent to an activating group) is 1. The molecule has 2 aromatic rings. The van der Waals surface area contributed by atoms with E-state index >= 15 is 0 Å². The lowest BCUT2D eigenvalue weighted by Crippen LogP contribution is -2.53. The predicted molar refractivity (Wildman–Crippen MR) is 183 cm³/mol. The number of ether oxygens (including phenoxy) is 1. The van der Waals surface area contributed by atoms with Crippen molar-refractivity contribution < 1.29 is 19.1 Å². The minimum absolute atomic E-state index is 0.00984. The van der Waals surface area contributed by atoms with Crippen LogP contribution in [0.1, 0.15) is 48.8 Å². The van der Waals surface area contributed by atoms with E-state index in [1.807, 2.05) is 47.1 Å². The Morgan fingerprint density at radius 3 is 2.40 bits per heavy atom. The summed E-state index contributed by atoms with van der Waals surface area (Å²) < 4.78 is 6.05. The molecular weight excluding hydrogens is 618 g/mol. The third-order valence-electron chi connectivity index (χ3n) is 10.4. The zero-order valence-corrected chi connectivity index (χ0v) is 28.4. The van der Waals surface area contributed by atoms with Crippen LogP contribution in [0.3, 0.4) is 0 Å². The topological polar surface area (TPSA) is 115 Å². The van der Waals surface area contributed by atoms with E-state index in [1.54, 1.807) is 11.0 Å². The maximum atomic E-state index is 14.0. The van der Waals surface area contributed by atoms with E-state index in [0.29, 0.717) is 62.3 Å². The summed E-state index contributed by atoms with van der Waals surface area (Å²) in [5, 5.41) is 3.41. The molecule has 4 aliphatic rings. The Morgan fingerprint density at radius 1 is 0.957 bits per heavy atom. The molecule has 0 unspecified atom stereocenters. The second-order valence-electron chi connectivity index (χ2n) is 13.6. The molecule has 1 atom stereocenters. The van der Waals surface area contributed by atoms with Crippen LogP contribution in [0.2, 0.25) is 5.02 Å². The summed E-state index contributed by atoms with van der Waals surface area (Å²) >= 11 is 6.41. The first-order valence-corrected chi connectivity index (χ1v) is 17.4. The van der Waals surface area contributed by atoms with Gasteiger partial charge in [-0.1, -0.05) is 35.9 Å². The Kier molecular flexibility index (Phi) is 10.4. The summed E-state index contributed by atoms with van der Waals surface area (Å²) in [6.07, 6.45) is 2.98. The van der Waals surface area contributed by atoms with Crippen molar-refractivity contribution in [1.82, 2.24) is 24.5 Å². The number of carbonyl (C=O) groups excluding carboxylic acids is 3. The number of aryl methyl sites for hydroxylation is 1. The number of nitrogens with zero attached hydrogens (tertiary/aromatic N) is 5. The Balaban J connectivity index is 1.09. The monoisotopic (exact) mass is 665 g/mol. The van der Waals surface area contributed by atoms with Gasteiger partial charge in [-0.05, 0) is 88.0 Å². The molecule has 0 spiro atoms. The standard InChI is InChI=1S/C35H48ClN7O4/c1-24-20-25(21-29(36)32(24)37)22-31(33(44)41-14-8-27(9-15-41)40-13-5-12-39(2)18-19-40)47-35(46)42-16-10-28(11-17-42)43-23-26-6-3-4-7-30(26)38-34(43)45/h3-4,6-7,20-21,27-28,31H,5,8-19,22-23,37H2,1-2H3,(H,38,45)/t31-/m1/s1. The number of nitrogens with one attached hydrogen (secondary N) is 1. The number of piperidine rings is 2. The number of nitrogen functional groups attached to an aromatic ring is 1. The molecule has 12 heteroatoms. The van der Waals surface area contributed by atoms with Gasteiger partial charge >= 0.3 is 12.1 Å². The fraction of sp³-hybridized carbons (Fsp3) is 0.571. The first kappa shape index (κ1) is 33.4. The number of fused-ring (bicyclic) bond motifs is 1. The SMILES string of the molecule is Cc1cc(C[C@@H](OC(=O)N2CCC(N3Cc4ccccc4NC3=O)CC2)C(=O)N2CCC(N3CCCN(C)CC3)CC2)cc(Cl)c1N. The van der Waals surface area contributed by atoms with Crippen molar-refractivity contribution in [2.45, 2.75) is 70.2 Å². The van der Waals surface area contributed by atoms with Crippen LogP contribution >= 0.6 is 11.6 Å². The van der Waals surface area contributed by atoms with Crippen LogP contribution in [0, 0.1) is 6.92 Å². The highest BCUT2D eigenvalue weighted by atomic mass is 35.5. The number of halogens is 1. The zero-order chi connectivity index (χ0) is 33.1. The smallest absolute Gasteiger partial charge is 0.410 e. The minimum Gasteiger partial charge on any atom is -0.436 e. The molecule has 0 aliphatic carbocycles. The van der Waals surface area contributed by atoms with E-state index in [2.05, 4.69) is 22.2 Å². The maximum absolute atomic E-state index is 14.0. The number of amides is 4. The minimum atomic E-state index is -0.980. The lowest BCUT2D eigenvalue weighted by molar-refractivity contribution is -0.142.